The fourth-order valence-corrected chi connectivity index (χ4v) is 5.78. The van der Waals surface area contributed by atoms with Gasteiger partial charge in [0.2, 0.25) is 5.91 Å². The third-order valence-corrected chi connectivity index (χ3v) is 7.94. The highest BCUT2D eigenvalue weighted by Crippen LogP contribution is 2.38. The maximum Gasteiger partial charge on any atom is 0.224 e. The number of fused-ring (bicyclic) bond motifs is 1. The van der Waals surface area contributed by atoms with Gasteiger partial charge in [-0.25, -0.2) is 14.4 Å². The van der Waals surface area contributed by atoms with Crippen molar-refractivity contribution in [2.75, 3.05) is 32.6 Å². The number of piperidine rings is 1. The highest BCUT2D eigenvalue weighted by atomic mass is 35.5. The number of carbonyl (C=O) groups is 1. The molecule has 2 fully saturated rings. The Bertz CT molecular complexity index is 1300. The highest BCUT2D eigenvalue weighted by molar-refractivity contribution is 6.31. The van der Waals surface area contributed by atoms with E-state index in [1.54, 1.807) is 26.3 Å². The van der Waals surface area contributed by atoms with Crippen molar-refractivity contribution in [3.05, 3.63) is 47.5 Å². The molecule has 1 aliphatic carbocycles. The van der Waals surface area contributed by atoms with E-state index in [4.69, 9.17) is 21.1 Å². The van der Waals surface area contributed by atoms with Gasteiger partial charge in [0.15, 0.2) is 17.3 Å². The largest absolute Gasteiger partial charge is 0.493 e. The molecule has 1 saturated carbocycles. The van der Waals surface area contributed by atoms with Gasteiger partial charge in [0.05, 0.1) is 35.4 Å². The lowest BCUT2D eigenvalue weighted by Crippen LogP contribution is -2.48. The van der Waals surface area contributed by atoms with Gasteiger partial charge in [0.1, 0.15) is 12.1 Å². The summed E-state index contributed by atoms with van der Waals surface area (Å²) in [5, 5.41) is 6.56. The summed E-state index contributed by atoms with van der Waals surface area (Å²) in [6, 6.07) is 8.91. The van der Waals surface area contributed by atoms with Crippen LogP contribution in [0.4, 0.5) is 15.9 Å². The number of hydrogen-bond donors (Lipinski definition) is 2. The van der Waals surface area contributed by atoms with Crippen molar-refractivity contribution >= 4 is 39.9 Å². The summed E-state index contributed by atoms with van der Waals surface area (Å²) in [6.45, 7) is 1.88. The van der Waals surface area contributed by atoms with Crippen molar-refractivity contribution in [2.24, 2.45) is 5.92 Å². The van der Waals surface area contributed by atoms with Crippen LogP contribution in [0, 0.1) is 11.7 Å². The van der Waals surface area contributed by atoms with E-state index in [0.29, 0.717) is 34.3 Å². The Labute approximate surface area is 226 Å². The van der Waals surface area contributed by atoms with Crippen molar-refractivity contribution in [2.45, 2.75) is 50.7 Å². The minimum absolute atomic E-state index is 0.0309. The lowest BCUT2D eigenvalue weighted by atomic mass is 9.88. The number of aromatic nitrogens is 2. The molecular formula is C28H33ClFN5O3. The van der Waals surface area contributed by atoms with Crippen LogP contribution in [-0.4, -0.2) is 60.2 Å². The van der Waals surface area contributed by atoms with Crippen molar-refractivity contribution in [1.29, 1.82) is 0 Å². The molecule has 1 aromatic heterocycles. The molecule has 0 bridgehead atoms. The summed E-state index contributed by atoms with van der Waals surface area (Å²) in [7, 11) is 3.32. The van der Waals surface area contributed by atoms with Crippen LogP contribution in [0.3, 0.4) is 0 Å². The summed E-state index contributed by atoms with van der Waals surface area (Å²) in [5.74, 6) is 1.32. The molecule has 1 aliphatic heterocycles. The molecule has 1 amide bonds. The number of ether oxygens (including phenoxy) is 2. The molecule has 2 N–H and O–H groups in total. The van der Waals surface area contributed by atoms with Crippen LogP contribution in [0.1, 0.15) is 38.5 Å². The van der Waals surface area contributed by atoms with Crippen LogP contribution in [-0.2, 0) is 4.79 Å². The lowest BCUT2D eigenvalue weighted by molar-refractivity contribution is -0.126. The highest BCUT2D eigenvalue weighted by Gasteiger charge is 2.32. The second kappa shape index (κ2) is 11.7. The monoisotopic (exact) mass is 541 g/mol. The molecule has 8 nitrogen and oxygen atoms in total. The van der Waals surface area contributed by atoms with Crippen LogP contribution >= 0.6 is 11.6 Å². The predicted molar refractivity (Wildman–Crippen MR) is 146 cm³/mol. The Morgan fingerprint density at radius 1 is 1.13 bits per heavy atom. The fraction of sp³-hybridized carbons (Fsp3) is 0.464. The summed E-state index contributed by atoms with van der Waals surface area (Å²) in [4.78, 5) is 23.3. The van der Waals surface area contributed by atoms with Crippen LogP contribution in [0.15, 0.2) is 36.7 Å². The molecule has 0 spiro atoms. The number of hydrogen-bond acceptors (Lipinski definition) is 7. The Hall–Kier alpha value is -3.17. The molecule has 1 saturated heterocycles. The minimum Gasteiger partial charge on any atom is -0.493 e. The molecule has 3 aromatic rings. The third kappa shape index (κ3) is 5.63. The number of nitrogens with one attached hydrogen (secondary N) is 2. The summed E-state index contributed by atoms with van der Waals surface area (Å²) in [6.07, 6.45) is 7.35. The number of benzene rings is 2. The van der Waals surface area contributed by atoms with E-state index >= 15 is 0 Å². The average molecular weight is 542 g/mol. The first-order valence-electron chi connectivity index (χ1n) is 13.1. The van der Waals surface area contributed by atoms with Gasteiger partial charge < -0.3 is 20.1 Å². The third-order valence-electron chi connectivity index (χ3n) is 7.65. The molecule has 2 aromatic carbocycles. The summed E-state index contributed by atoms with van der Waals surface area (Å²) < 4.78 is 26.6. The van der Waals surface area contributed by atoms with E-state index in [2.05, 4.69) is 25.5 Å². The normalized spacial score (nSPS) is 22.2. The summed E-state index contributed by atoms with van der Waals surface area (Å²) >= 11 is 5.95. The summed E-state index contributed by atoms with van der Waals surface area (Å²) in [5.41, 5.74) is 0.874. The minimum atomic E-state index is -0.543. The standard InChI is InChI=1S/C28H33ClFN5O3/c1-31-28(36)17-5-4-12-35(15-17)18-8-10-19(11-9-18)38-25-13-20-23(14-24(25)37-2)32-16-33-27(20)34-22-7-3-6-21(29)26(22)30/h3,6-7,13-14,16-19H,4-5,8-12,15H2,1-2H3,(H,31,36)(H,32,33,34)/t17-,18-,19-/m0/s1. The van der Waals surface area contributed by atoms with Crippen LogP contribution in [0.25, 0.3) is 10.9 Å². The number of likely N-dealkylation sites (tertiary alicyclic amines) is 1. The SMILES string of the molecule is CNC(=O)[C@H]1CCCN([C@H]2CC[C@H](Oc3cc4c(Nc5cccc(Cl)c5F)ncnc4cc3OC)CC2)C1. The number of rotatable bonds is 7. The molecule has 202 valence electrons. The number of carbonyl (C=O) groups excluding carboxylic acids is 1. The molecule has 0 radical (unpaired) electrons. The van der Waals surface area contributed by atoms with Gasteiger partial charge in [-0.15, -0.1) is 0 Å². The molecular weight excluding hydrogens is 509 g/mol. The van der Waals surface area contributed by atoms with Gasteiger partial charge in [-0.2, -0.15) is 0 Å². The van der Waals surface area contributed by atoms with Gasteiger partial charge in [0.25, 0.3) is 0 Å². The molecule has 1 atom stereocenters. The van der Waals surface area contributed by atoms with Gasteiger partial charge in [-0.3, -0.25) is 9.69 Å². The van der Waals surface area contributed by atoms with Crippen LogP contribution < -0.4 is 20.1 Å². The molecule has 38 heavy (non-hydrogen) atoms. The van der Waals surface area contributed by atoms with E-state index in [1.165, 1.54) is 12.4 Å². The van der Waals surface area contributed by atoms with E-state index in [1.807, 2.05) is 12.1 Å². The average Bonchev–Trinajstić information content (AvgIpc) is 2.95. The first-order valence-corrected chi connectivity index (χ1v) is 13.5. The first kappa shape index (κ1) is 26.4. The number of anilines is 2. The van der Waals surface area contributed by atoms with E-state index in [0.717, 1.165) is 51.6 Å². The van der Waals surface area contributed by atoms with E-state index < -0.39 is 5.82 Å². The molecule has 5 rings (SSSR count). The topological polar surface area (TPSA) is 88.6 Å². The van der Waals surface area contributed by atoms with Crippen molar-refractivity contribution in [1.82, 2.24) is 20.2 Å². The molecule has 2 aliphatic rings. The van der Waals surface area contributed by atoms with Crippen molar-refractivity contribution < 1.29 is 18.7 Å². The predicted octanol–water partition coefficient (Wildman–Crippen LogP) is 5.32. The quantitative estimate of drug-likeness (QED) is 0.418. The van der Waals surface area contributed by atoms with Crippen molar-refractivity contribution in [3.63, 3.8) is 0 Å². The molecule has 0 unspecified atom stereocenters. The second-order valence-corrected chi connectivity index (χ2v) is 10.4. The zero-order chi connectivity index (χ0) is 26.6. The van der Waals surface area contributed by atoms with E-state index in [-0.39, 0.29) is 28.6 Å². The number of nitrogens with zero attached hydrogens (tertiary/aromatic N) is 3. The van der Waals surface area contributed by atoms with Gasteiger partial charge in [-0.05, 0) is 63.3 Å². The maximum atomic E-state index is 14.5. The maximum absolute atomic E-state index is 14.5. The first-order chi connectivity index (χ1) is 18.5. The Kier molecular flexibility index (Phi) is 8.14. The smallest absolute Gasteiger partial charge is 0.224 e. The Morgan fingerprint density at radius 2 is 1.95 bits per heavy atom. The Morgan fingerprint density at radius 3 is 2.71 bits per heavy atom. The fourth-order valence-electron chi connectivity index (χ4n) is 5.61. The second-order valence-electron chi connectivity index (χ2n) is 9.97. The zero-order valence-electron chi connectivity index (χ0n) is 21.7. The van der Waals surface area contributed by atoms with Crippen LogP contribution in [0.2, 0.25) is 5.02 Å². The number of methoxy groups -OCH3 is 1. The zero-order valence-corrected chi connectivity index (χ0v) is 22.4. The van der Waals surface area contributed by atoms with Gasteiger partial charge in [-0.1, -0.05) is 17.7 Å². The van der Waals surface area contributed by atoms with Crippen LogP contribution in [0.5, 0.6) is 11.5 Å². The van der Waals surface area contributed by atoms with Crippen molar-refractivity contribution in [3.8, 4) is 11.5 Å². The number of amides is 1. The lowest BCUT2D eigenvalue weighted by Gasteiger charge is -2.41. The van der Waals surface area contributed by atoms with Gasteiger partial charge >= 0.3 is 0 Å². The molecule has 10 heteroatoms. The Balaban J connectivity index is 1.30. The van der Waals surface area contributed by atoms with E-state index in [9.17, 15) is 9.18 Å². The number of halogens is 2. The molecule has 2 heterocycles. The van der Waals surface area contributed by atoms with Gasteiger partial charge in [0, 0.05) is 31.1 Å².